The van der Waals surface area contributed by atoms with E-state index in [0.717, 1.165) is 29.7 Å². The number of rotatable bonds is 11. The monoisotopic (exact) mass is 567 g/mol. The molecule has 1 spiro atoms. The van der Waals surface area contributed by atoms with Crippen LogP contribution in [-0.4, -0.2) is 80.9 Å². The molecule has 2 bridgehead atoms. The fraction of sp³-hybridized carbons (Fsp3) is 0.594. The largest absolute Gasteiger partial charge is 0.394 e. The number of aryl methyl sites for hydroxylation is 2. The number of hydrogen-bond donors (Lipinski definition) is 1. The highest BCUT2D eigenvalue weighted by molar-refractivity contribution is 8.02. The maximum Gasteiger partial charge on any atom is 0.251 e. The molecule has 0 saturated carbocycles. The predicted molar refractivity (Wildman–Crippen MR) is 162 cm³/mol. The highest BCUT2D eigenvalue weighted by Crippen LogP contribution is 2.72. The van der Waals surface area contributed by atoms with E-state index in [9.17, 15) is 19.5 Å². The van der Waals surface area contributed by atoms with Gasteiger partial charge in [-0.3, -0.25) is 14.4 Å². The molecule has 7 atom stereocenters. The van der Waals surface area contributed by atoms with Gasteiger partial charge in [-0.1, -0.05) is 50.6 Å². The molecule has 2 unspecified atom stereocenters. The van der Waals surface area contributed by atoms with Gasteiger partial charge in [0.1, 0.15) is 6.04 Å². The summed E-state index contributed by atoms with van der Waals surface area (Å²) in [4.78, 5) is 48.6. The number of aliphatic hydroxyl groups is 1. The Balaban J connectivity index is 1.91. The first-order valence-electron chi connectivity index (χ1n) is 14.4. The molecule has 7 nitrogen and oxygen atoms in total. The molecule has 1 aromatic rings. The number of nitrogens with zero attached hydrogens (tertiary/aromatic N) is 3. The molecule has 0 aliphatic carbocycles. The fourth-order valence-corrected chi connectivity index (χ4v) is 9.84. The van der Waals surface area contributed by atoms with Crippen LogP contribution in [0.4, 0.5) is 5.69 Å². The summed E-state index contributed by atoms with van der Waals surface area (Å²) >= 11 is 1.66. The molecule has 3 aliphatic rings. The number of aliphatic hydroxyl groups excluding tert-OH is 1. The van der Waals surface area contributed by atoms with Crippen molar-refractivity contribution >= 4 is 35.2 Å². The summed E-state index contributed by atoms with van der Waals surface area (Å²) in [6.45, 7) is 18.3. The van der Waals surface area contributed by atoms with E-state index in [4.69, 9.17) is 0 Å². The third-order valence-electron chi connectivity index (χ3n) is 9.63. The van der Waals surface area contributed by atoms with Gasteiger partial charge >= 0.3 is 0 Å². The van der Waals surface area contributed by atoms with Gasteiger partial charge in [0.15, 0.2) is 0 Å². The van der Waals surface area contributed by atoms with Gasteiger partial charge in [0.2, 0.25) is 11.8 Å². The number of anilines is 1. The van der Waals surface area contributed by atoms with Crippen molar-refractivity contribution in [2.75, 3.05) is 31.6 Å². The Hall–Kier alpha value is -2.58. The summed E-state index contributed by atoms with van der Waals surface area (Å²) in [7, 11) is 1.75. The van der Waals surface area contributed by atoms with Crippen LogP contribution in [0, 0.1) is 31.6 Å². The molecule has 0 radical (unpaired) electrons. The molecule has 0 aromatic heterocycles. The minimum absolute atomic E-state index is 0.0251. The zero-order chi connectivity index (χ0) is 29.6. The molecule has 218 valence electrons. The van der Waals surface area contributed by atoms with E-state index >= 15 is 0 Å². The van der Waals surface area contributed by atoms with Gasteiger partial charge in [0.05, 0.1) is 29.2 Å². The highest BCUT2D eigenvalue weighted by Gasteiger charge is 2.78. The van der Waals surface area contributed by atoms with Gasteiger partial charge in [-0.25, -0.2) is 0 Å². The summed E-state index contributed by atoms with van der Waals surface area (Å²) in [6.07, 6.45) is 5.56. The summed E-state index contributed by atoms with van der Waals surface area (Å²) in [6, 6.07) is 4.62. The number of likely N-dealkylation sites (tertiary alicyclic amines) is 1. The molecule has 3 saturated heterocycles. The third kappa shape index (κ3) is 4.51. The predicted octanol–water partition coefficient (Wildman–Crippen LogP) is 4.36. The lowest BCUT2D eigenvalue weighted by molar-refractivity contribution is -0.146. The smallest absolute Gasteiger partial charge is 0.251 e. The Labute approximate surface area is 243 Å². The molecule has 40 heavy (non-hydrogen) atoms. The second kappa shape index (κ2) is 11.4. The van der Waals surface area contributed by atoms with Crippen LogP contribution < -0.4 is 4.90 Å². The summed E-state index contributed by atoms with van der Waals surface area (Å²) < 4.78 is -1.21. The SMILES string of the molecule is C=CCN(C)C(=O)[C@H]1[C@H]2C(=O)N([C@@H](CO)[C@@H](C)CC)C(C(=O)N(CC=C)c3c(C)cccc3C)C23CC[C@]1(C)S3. The molecule has 3 amide bonds. The Morgan fingerprint density at radius 3 is 2.35 bits per heavy atom. The second-order valence-electron chi connectivity index (χ2n) is 12.1. The van der Waals surface area contributed by atoms with E-state index in [1.54, 1.807) is 45.7 Å². The van der Waals surface area contributed by atoms with E-state index in [1.807, 2.05) is 45.9 Å². The van der Waals surface area contributed by atoms with Crippen LogP contribution in [0.15, 0.2) is 43.5 Å². The van der Waals surface area contributed by atoms with Gasteiger partial charge in [-0.05, 0) is 50.7 Å². The van der Waals surface area contributed by atoms with Crippen LogP contribution in [0.5, 0.6) is 0 Å². The topological polar surface area (TPSA) is 81.2 Å². The van der Waals surface area contributed by atoms with Crippen LogP contribution in [0.3, 0.4) is 0 Å². The van der Waals surface area contributed by atoms with Crippen molar-refractivity contribution in [3.05, 3.63) is 54.6 Å². The number of amides is 3. The van der Waals surface area contributed by atoms with Crippen molar-refractivity contribution in [1.82, 2.24) is 9.80 Å². The van der Waals surface area contributed by atoms with Crippen molar-refractivity contribution in [3.63, 3.8) is 0 Å². The summed E-state index contributed by atoms with van der Waals surface area (Å²) in [5.74, 6) is -1.63. The molecule has 8 heteroatoms. The standard InChI is InChI=1S/C32H45N3O4S/c1-9-17-33(8)28(37)24-25-29(38)35(23(19-36)20(4)11-3)27(32(25)16-15-31(24,7)40-32)30(39)34(18-10-2)26-21(5)13-12-14-22(26)6/h9-10,12-14,20,23-25,27,36H,1-2,11,15-19H2,3-8H3/t20-,23-,24+,25-,27?,31-,32?/m0/s1. The second-order valence-corrected chi connectivity index (χ2v) is 14.0. The van der Waals surface area contributed by atoms with E-state index < -0.39 is 33.4 Å². The number of benzene rings is 1. The molecular weight excluding hydrogens is 522 g/mol. The Morgan fingerprint density at radius 1 is 1.18 bits per heavy atom. The number of fused-ring (bicyclic) bond motifs is 1. The molecule has 1 N–H and O–H groups in total. The van der Waals surface area contributed by atoms with Crippen LogP contribution in [0.2, 0.25) is 0 Å². The molecular formula is C32H45N3O4S. The summed E-state index contributed by atoms with van der Waals surface area (Å²) in [5, 5.41) is 10.6. The lowest BCUT2D eigenvalue weighted by atomic mass is 9.66. The number of carbonyl (C=O) groups is 3. The Kier molecular flexibility index (Phi) is 8.63. The first kappa shape index (κ1) is 30.4. The van der Waals surface area contributed by atoms with Gasteiger partial charge in [-0.15, -0.1) is 24.9 Å². The highest BCUT2D eigenvalue weighted by atomic mass is 32.2. The van der Waals surface area contributed by atoms with Gasteiger partial charge in [0, 0.05) is 30.6 Å². The van der Waals surface area contributed by atoms with Crippen molar-refractivity contribution in [2.45, 2.75) is 75.5 Å². The van der Waals surface area contributed by atoms with Crippen LogP contribution >= 0.6 is 11.8 Å². The van der Waals surface area contributed by atoms with Crippen molar-refractivity contribution in [2.24, 2.45) is 17.8 Å². The number of para-hydroxylation sites is 1. The fourth-order valence-electron chi connectivity index (χ4n) is 7.51. The van der Waals surface area contributed by atoms with Crippen LogP contribution in [-0.2, 0) is 14.4 Å². The maximum atomic E-state index is 15.0. The number of likely N-dealkylation sites (N-methyl/N-ethyl adjacent to an activating group) is 1. The number of thioether (sulfide) groups is 1. The van der Waals surface area contributed by atoms with E-state index in [1.165, 1.54) is 0 Å². The first-order valence-corrected chi connectivity index (χ1v) is 15.2. The maximum absolute atomic E-state index is 15.0. The number of carbonyl (C=O) groups excluding carboxylic acids is 3. The van der Waals surface area contributed by atoms with Crippen LogP contribution in [0.1, 0.15) is 51.2 Å². The summed E-state index contributed by atoms with van der Waals surface area (Å²) in [5.41, 5.74) is 2.76. The van der Waals surface area contributed by atoms with Gasteiger partial charge in [-0.2, -0.15) is 0 Å². The molecule has 4 rings (SSSR count). The Bertz CT molecular complexity index is 1180. The van der Waals surface area contributed by atoms with Gasteiger partial charge in [0.25, 0.3) is 5.91 Å². The van der Waals surface area contributed by atoms with Crippen LogP contribution in [0.25, 0.3) is 0 Å². The van der Waals surface area contributed by atoms with E-state index in [-0.39, 0.29) is 30.2 Å². The third-order valence-corrected chi connectivity index (χ3v) is 11.6. The lowest BCUT2D eigenvalue weighted by Crippen LogP contribution is -2.59. The number of hydrogen-bond acceptors (Lipinski definition) is 5. The zero-order valence-electron chi connectivity index (χ0n) is 24.9. The molecule has 3 fully saturated rings. The molecule has 3 heterocycles. The minimum Gasteiger partial charge on any atom is -0.394 e. The molecule has 3 aliphatic heterocycles. The van der Waals surface area contributed by atoms with Crippen molar-refractivity contribution in [3.8, 4) is 0 Å². The average molecular weight is 568 g/mol. The van der Waals surface area contributed by atoms with E-state index in [2.05, 4.69) is 20.1 Å². The zero-order valence-corrected chi connectivity index (χ0v) is 25.7. The molecule has 1 aromatic carbocycles. The lowest BCUT2D eigenvalue weighted by Gasteiger charge is -2.41. The van der Waals surface area contributed by atoms with Gasteiger partial charge < -0.3 is 19.8 Å². The Morgan fingerprint density at radius 2 is 1.80 bits per heavy atom. The first-order chi connectivity index (χ1) is 18.9. The quantitative estimate of drug-likeness (QED) is 0.402. The minimum atomic E-state index is -0.801. The van der Waals surface area contributed by atoms with Crippen molar-refractivity contribution in [1.29, 1.82) is 0 Å². The average Bonchev–Trinajstić information content (AvgIpc) is 3.48. The van der Waals surface area contributed by atoms with E-state index in [0.29, 0.717) is 19.5 Å². The normalized spacial score (nSPS) is 30.1. The van der Waals surface area contributed by atoms with Crippen molar-refractivity contribution < 1.29 is 19.5 Å².